The molecule has 1 amide bonds. The Morgan fingerprint density at radius 3 is 2.70 bits per heavy atom. The molecule has 1 unspecified atom stereocenters. The molecule has 1 atom stereocenters. The molecule has 1 aromatic carbocycles. The molecular formula is C18H20F3N3O5S. The van der Waals surface area contributed by atoms with Crippen LogP contribution in [-0.4, -0.2) is 43.2 Å². The van der Waals surface area contributed by atoms with Crippen molar-refractivity contribution < 1.29 is 35.6 Å². The number of nitrogens with zero attached hydrogens (tertiary/aromatic N) is 2. The number of carbonyl (C=O) groups excluding carboxylic acids is 1. The molecule has 164 valence electrons. The van der Waals surface area contributed by atoms with Gasteiger partial charge in [0.2, 0.25) is 15.9 Å². The number of rotatable bonds is 5. The summed E-state index contributed by atoms with van der Waals surface area (Å²) in [4.78, 5) is 12.6. The van der Waals surface area contributed by atoms with Gasteiger partial charge in [0.1, 0.15) is 16.3 Å². The molecule has 30 heavy (non-hydrogen) atoms. The number of benzene rings is 1. The number of amides is 1. The molecule has 1 saturated heterocycles. The second kappa shape index (κ2) is 8.26. The van der Waals surface area contributed by atoms with Crippen molar-refractivity contribution in [2.24, 2.45) is 5.92 Å². The Bertz CT molecular complexity index is 1020. The van der Waals surface area contributed by atoms with Crippen LogP contribution in [0.1, 0.15) is 24.3 Å². The minimum Gasteiger partial charge on any atom is -0.406 e. The fourth-order valence-corrected chi connectivity index (χ4v) is 5.18. The van der Waals surface area contributed by atoms with E-state index in [1.807, 2.05) is 0 Å². The summed E-state index contributed by atoms with van der Waals surface area (Å²) < 4.78 is 73.0. The predicted molar refractivity (Wildman–Crippen MR) is 99.2 cm³/mol. The third kappa shape index (κ3) is 4.93. The van der Waals surface area contributed by atoms with Crippen molar-refractivity contribution in [1.29, 1.82) is 0 Å². The van der Waals surface area contributed by atoms with E-state index in [0.29, 0.717) is 12.8 Å². The largest absolute Gasteiger partial charge is 0.573 e. The standard InChI is InChI=1S/C18H20F3N3O5S/c1-11-16(12(2)29-23-11)30(26,27)24-8-4-5-13(10-24)17(25)22-14-6-3-7-15(9-14)28-18(19,20)21/h3,6-7,9,13H,4-5,8,10H2,1-2H3,(H,22,25). The summed E-state index contributed by atoms with van der Waals surface area (Å²) in [6, 6.07) is 4.89. The van der Waals surface area contributed by atoms with Gasteiger partial charge in [-0.1, -0.05) is 11.2 Å². The zero-order valence-corrected chi connectivity index (χ0v) is 17.0. The summed E-state index contributed by atoms with van der Waals surface area (Å²) in [7, 11) is -3.89. The summed E-state index contributed by atoms with van der Waals surface area (Å²) in [5.41, 5.74) is 0.355. The van der Waals surface area contributed by atoms with E-state index < -0.39 is 34.0 Å². The summed E-state index contributed by atoms with van der Waals surface area (Å²) in [6.45, 7) is 3.20. The lowest BCUT2D eigenvalue weighted by Gasteiger charge is -2.31. The molecule has 2 aromatic rings. The van der Waals surface area contributed by atoms with Crippen LogP contribution in [0.3, 0.4) is 0 Å². The van der Waals surface area contributed by atoms with Crippen molar-refractivity contribution >= 4 is 21.6 Å². The predicted octanol–water partition coefficient (Wildman–Crippen LogP) is 3.23. The van der Waals surface area contributed by atoms with Gasteiger partial charge in [0.15, 0.2) is 5.76 Å². The van der Waals surface area contributed by atoms with Gasteiger partial charge in [-0.25, -0.2) is 8.42 Å². The van der Waals surface area contributed by atoms with E-state index >= 15 is 0 Å². The number of hydrogen-bond donors (Lipinski definition) is 1. The van der Waals surface area contributed by atoms with E-state index in [-0.39, 0.29) is 35.1 Å². The second-order valence-electron chi connectivity index (χ2n) is 6.92. The molecule has 12 heteroatoms. The number of nitrogens with one attached hydrogen (secondary N) is 1. The van der Waals surface area contributed by atoms with Crippen LogP contribution in [0.4, 0.5) is 18.9 Å². The van der Waals surface area contributed by atoms with Crippen LogP contribution >= 0.6 is 0 Å². The molecule has 2 heterocycles. The number of sulfonamides is 1. The summed E-state index contributed by atoms with van der Waals surface area (Å²) >= 11 is 0. The number of anilines is 1. The number of ether oxygens (including phenoxy) is 1. The Kier molecular flexibility index (Phi) is 6.09. The smallest absolute Gasteiger partial charge is 0.406 e. The summed E-state index contributed by atoms with van der Waals surface area (Å²) in [5, 5.41) is 6.20. The van der Waals surface area contributed by atoms with Crippen LogP contribution in [-0.2, 0) is 14.8 Å². The molecule has 1 N–H and O–H groups in total. The molecule has 1 fully saturated rings. The first-order valence-electron chi connectivity index (χ1n) is 9.07. The highest BCUT2D eigenvalue weighted by Crippen LogP contribution is 2.29. The molecule has 1 aromatic heterocycles. The Hall–Kier alpha value is -2.60. The van der Waals surface area contributed by atoms with E-state index in [2.05, 4.69) is 15.2 Å². The highest BCUT2D eigenvalue weighted by molar-refractivity contribution is 7.89. The maximum atomic E-state index is 13.0. The third-order valence-electron chi connectivity index (χ3n) is 4.66. The minimum absolute atomic E-state index is 0.0134. The average Bonchev–Trinajstić information content (AvgIpc) is 2.99. The molecule has 1 aliphatic heterocycles. The fourth-order valence-electron chi connectivity index (χ4n) is 3.36. The van der Waals surface area contributed by atoms with E-state index in [0.717, 1.165) is 12.1 Å². The van der Waals surface area contributed by atoms with Crippen molar-refractivity contribution in [2.75, 3.05) is 18.4 Å². The quantitative estimate of drug-likeness (QED) is 0.755. The number of halogens is 3. The SMILES string of the molecule is Cc1noc(C)c1S(=O)(=O)N1CCCC(C(=O)Nc2cccc(OC(F)(F)F)c2)C1. The van der Waals surface area contributed by atoms with Gasteiger partial charge >= 0.3 is 6.36 Å². The zero-order valence-electron chi connectivity index (χ0n) is 16.2. The number of piperidine rings is 1. The van der Waals surface area contributed by atoms with Gasteiger partial charge in [-0.15, -0.1) is 13.2 Å². The molecule has 1 aliphatic rings. The lowest BCUT2D eigenvalue weighted by atomic mass is 9.98. The van der Waals surface area contributed by atoms with Crippen molar-refractivity contribution in [3.8, 4) is 5.75 Å². The zero-order chi connectivity index (χ0) is 22.1. The van der Waals surface area contributed by atoms with E-state index in [1.54, 1.807) is 0 Å². The number of aryl methyl sites for hydroxylation is 2. The molecule has 8 nitrogen and oxygen atoms in total. The van der Waals surface area contributed by atoms with Gasteiger partial charge in [-0.05, 0) is 38.8 Å². The van der Waals surface area contributed by atoms with Crippen molar-refractivity contribution in [3.05, 3.63) is 35.7 Å². The monoisotopic (exact) mass is 447 g/mol. The van der Waals surface area contributed by atoms with Crippen molar-refractivity contribution in [2.45, 2.75) is 37.9 Å². The number of alkyl halides is 3. The second-order valence-corrected chi connectivity index (χ2v) is 8.80. The van der Waals surface area contributed by atoms with Crippen LogP contribution in [0.25, 0.3) is 0 Å². The van der Waals surface area contributed by atoms with E-state index in [9.17, 15) is 26.4 Å². The van der Waals surface area contributed by atoms with Crippen molar-refractivity contribution in [3.63, 3.8) is 0 Å². The maximum absolute atomic E-state index is 13.0. The Morgan fingerprint density at radius 2 is 2.07 bits per heavy atom. The van der Waals surface area contributed by atoms with Crippen LogP contribution in [0.2, 0.25) is 0 Å². The first-order valence-corrected chi connectivity index (χ1v) is 10.5. The van der Waals surface area contributed by atoms with Crippen LogP contribution in [0.15, 0.2) is 33.7 Å². The van der Waals surface area contributed by atoms with Crippen LogP contribution in [0, 0.1) is 19.8 Å². The number of aromatic nitrogens is 1. The van der Waals surface area contributed by atoms with E-state index in [1.165, 1.54) is 30.3 Å². The van der Waals surface area contributed by atoms with Gasteiger partial charge < -0.3 is 14.6 Å². The molecular weight excluding hydrogens is 427 g/mol. The topological polar surface area (TPSA) is 102 Å². The van der Waals surface area contributed by atoms with Crippen LogP contribution < -0.4 is 10.1 Å². The van der Waals surface area contributed by atoms with Gasteiger partial charge in [0.05, 0.1) is 5.92 Å². The Balaban J connectivity index is 1.71. The van der Waals surface area contributed by atoms with Crippen LogP contribution in [0.5, 0.6) is 5.75 Å². The Labute approximate surface area is 171 Å². The van der Waals surface area contributed by atoms with Gasteiger partial charge in [0.25, 0.3) is 0 Å². The van der Waals surface area contributed by atoms with E-state index in [4.69, 9.17) is 4.52 Å². The molecule has 3 rings (SSSR count). The fraction of sp³-hybridized carbons (Fsp3) is 0.444. The minimum atomic E-state index is -4.85. The molecule has 0 radical (unpaired) electrons. The highest BCUT2D eigenvalue weighted by Gasteiger charge is 2.36. The number of hydrogen-bond acceptors (Lipinski definition) is 6. The van der Waals surface area contributed by atoms with Crippen molar-refractivity contribution in [1.82, 2.24) is 9.46 Å². The summed E-state index contributed by atoms with van der Waals surface area (Å²) in [6.07, 6.45) is -3.95. The molecule has 0 bridgehead atoms. The molecule has 0 saturated carbocycles. The first-order chi connectivity index (χ1) is 14.0. The lowest BCUT2D eigenvalue weighted by molar-refractivity contribution is -0.274. The molecule has 0 aliphatic carbocycles. The van der Waals surface area contributed by atoms with Gasteiger partial charge in [-0.2, -0.15) is 4.31 Å². The highest BCUT2D eigenvalue weighted by atomic mass is 32.2. The normalized spacial score (nSPS) is 18.2. The average molecular weight is 447 g/mol. The summed E-state index contributed by atoms with van der Waals surface area (Å²) in [5.74, 6) is -1.45. The number of carbonyl (C=O) groups is 1. The third-order valence-corrected chi connectivity index (χ3v) is 6.77. The Morgan fingerprint density at radius 1 is 1.33 bits per heavy atom. The lowest BCUT2D eigenvalue weighted by Crippen LogP contribution is -2.43. The molecule has 0 spiro atoms. The van der Waals surface area contributed by atoms with Gasteiger partial charge in [-0.3, -0.25) is 4.79 Å². The maximum Gasteiger partial charge on any atom is 0.573 e. The van der Waals surface area contributed by atoms with Gasteiger partial charge in [0, 0.05) is 24.8 Å². The first kappa shape index (κ1) is 22.1.